The highest BCUT2D eigenvalue weighted by molar-refractivity contribution is 7.09. The first kappa shape index (κ1) is 8.65. The van der Waals surface area contributed by atoms with Crippen LogP contribution in [0.3, 0.4) is 0 Å². The summed E-state index contributed by atoms with van der Waals surface area (Å²) in [5.74, 6) is 0.114. The van der Waals surface area contributed by atoms with E-state index in [1.807, 2.05) is 6.20 Å². The SMILES string of the molecule is O=C1CC(c2cncs2)NCCN1. The molecule has 13 heavy (non-hydrogen) atoms. The number of amides is 1. The summed E-state index contributed by atoms with van der Waals surface area (Å²) in [6, 6.07) is 0.148. The zero-order valence-corrected chi connectivity index (χ0v) is 7.93. The maximum Gasteiger partial charge on any atom is 0.221 e. The monoisotopic (exact) mass is 197 g/mol. The fourth-order valence-electron chi connectivity index (χ4n) is 1.38. The number of carbonyl (C=O) groups is 1. The molecule has 2 N–H and O–H groups in total. The number of hydrogen-bond donors (Lipinski definition) is 2. The van der Waals surface area contributed by atoms with Crippen molar-refractivity contribution in [2.24, 2.45) is 0 Å². The molecule has 0 bridgehead atoms. The fourth-order valence-corrected chi connectivity index (χ4v) is 2.07. The summed E-state index contributed by atoms with van der Waals surface area (Å²) in [6.07, 6.45) is 2.34. The van der Waals surface area contributed by atoms with E-state index in [1.165, 1.54) is 0 Å². The van der Waals surface area contributed by atoms with Crippen LogP contribution in [0.5, 0.6) is 0 Å². The minimum absolute atomic E-state index is 0.114. The smallest absolute Gasteiger partial charge is 0.221 e. The molecule has 1 aliphatic rings. The molecule has 1 fully saturated rings. The van der Waals surface area contributed by atoms with Crippen LogP contribution in [-0.4, -0.2) is 24.0 Å². The maximum absolute atomic E-state index is 11.2. The maximum atomic E-state index is 11.2. The van der Waals surface area contributed by atoms with Crippen LogP contribution in [0.25, 0.3) is 0 Å². The Morgan fingerprint density at radius 2 is 2.46 bits per heavy atom. The zero-order valence-electron chi connectivity index (χ0n) is 7.12. The van der Waals surface area contributed by atoms with Crippen molar-refractivity contribution < 1.29 is 4.79 Å². The van der Waals surface area contributed by atoms with Crippen LogP contribution in [0.15, 0.2) is 11.7 Å². The topological polar surface area (TPSA) is 54.0 Å². The van der Waals surface area contributed by atoms with Crippen LogP contribution in [0, 0.1) is 0 Å². The van der Waals surface area contributed by atoms with Gasteiger partial charge in [0.15, 0.2) is 0 Å². The summed E-state index contributed by atoms with van der Waals surface area (Å²) in [4.78, 5) is 16.4. The number of nitrogens with zero attached hydrogens (tertiary/aromatic N) is 1. The summed E-state index contributed by atoms with van der Waals surface area (Å²) in [7, 11) is 0. The van der Waals surface area contributed by atoms with Gasteiger partial charge in [0.2, 0.25) is 5.91 Å². The molecule has 70 valence electrons. The molecule has 1 atom stereocenters. The molecule has 1 unspecified atom stereocenters. The van der Waals surface area contributed by atoms with Gasteiger partial charge in [0.05, 0.1) is 11.6 Å². The summed E-state index contributed by atoms with van der Waals surface area (Å²) >= 11 is 1.59. The van der Waals surface area contributed by atoms with E-state index >= 15 is 0 Å². The Labute approximate surface area is 80.4 Å². The van der Waals surface area contributed by atoms with E-state index in [0.717, 1.165) is 11.4 Å². The van der Waals surface area contributed by atoms with E-state index < -0.39 is 0 Å². The van der Waals surface area contributed by atoms with Crippen molar-refractivity contribution in [3.8, 4) is 0 Å². The molecule has 1 amide bonds. The second kappa shape index (κ2) is 3.85. The lowest BCUT2D eigenvalue weighted by atomic mass is 10.2. The Morgan fingerprint density at radius 1 is 1.54 bits per heavy atom. The van der Waals surface area contributed by atoms with Gasteiger partial charge in [-0.3, -0.25) is 9.78 Å². The molecule has 2 rings (SSSR count). The van der Waals surface area contributed by atoms with Gasteiger partial charge < -0.3 is 10.6 Å². The summed E-state index contributed by atoms with van der Waals surface area (Å²) in [5.41, 5.74) is 1.79. The van der Waals surface area contributed by atoms with Crippen LogP contribution < -0.4 is 10.6 Å². The quantitative estimate of drug-likeness (QED) is 0.680. The van der Waals surface area contributed by atoms with Crippen LogP contribution in [0.4, 0.5) is 0 Å². The number of carbonyl (C=O) groups excluding carboxylic acids is 1. The van der Waals surface area contributed by atoms with E-state index in [1.54, 1.807) is 16.8 Å². The minimum Gasteiger partial charge on any atom is -0.355 e. The van der Waals surface area contributed by atoms with E-state index in [-0.39, 0.29) is 11.9 Å². The molecule has 0 radical (unpaired) electrons. The number of aromatic nitrogens is 1. The molecule has 0 aliphatic carbocycles. The van der Waals surface area contributed by atoms with Crippen LogP contribution in [-0.2, 0) is 4.79 Å². The van der Waals surface area contributed by atoms with E-state index in [4.69, 9.17) is 0 Å². The van der Waals surface area contributed by atoms with Crippen molar-refractivity contribution in [2.75, 3.05) is 13.1 Å². The molecule has 1 aliphatic heterocycles. The lowest BCUT2D eigenvalue weighted by Gasteiger charge is -2.10. The number of nitrogens with one attached hydrogen (secondary N) is 2. The first-order valence-electron chi connectivity index (χ1n) is 4.25. The second-order valence-electron chi connectivity index (χ2n) is 2.96. The Hall–Kier alpha value is -0.940. The van der Waals surface area contributed by atoms with Gasteiger partial charge in [0, 0.05) is 30.6 Å². The number of thiazole rings is 1. The van der Waals surface area contributed by atoms with Gasteiger partial charge in [-0.15, -0.1) is 11.3 Å². The Kier molecular flexibility index (Phi) is 2.56. The Morgan fingerprint density at radius 3 is 3.23 bits per heavy atom. The third-order valence-corrected chi connectivity index (χ3v) is 2.91. The van der Waals surface area contributed by atoms with Crippen molar-refractivity contribution in [1.82, 2.24) is 15.6 Å². The first-order chi connectivity index (χ1) is 6.36. The predicted octanol–water partition coefficient (Wildman–Crippen LogP) is 0.294. The van der Waals surface area contributed by atoms with E-state index in [0.29, 0.717) is 13.0 Å². The normalized spacial score (nSPS) is 23.7. The highest BCUT2D eigenvalue weighted by Crippen LogP contribution is 2.20. The molecule has 4 nitrogen and oxygen atoms in total. The molecule has 5 heteroatoms. The van der Waals surface area contributed by atoms with Crippen molar-refractivity contribution >= 4 is 17.2 Å². The summed E-state index contributed by atoms with van der Waals surface area (Å²) in [5, 5.41) is 6.12. The van der Waals surface area contributed by atoms with Gasteiger partial charge in [0.25, 0.3) is 0 Å². The predicted molar refractivity (Wildman–Crippen MR) is 50.5 cm³/mol. The molecule has 1 saturated heterocycles. The summed E-state index contributed by atoms with van der Waals surface area (Å²) < 4.78 is 0. The van der Waals surface area contributed by atoms with E-state index in [2.05, 4.69) is 15.6 Å². The van der Waals surface area contributed by atoms with Crippen molar-refractivity contribution in [3.63, 3.8) is 0 Å². The second-order valence-corrected chi connectivity index (χ2v) is 3.88. The van der Waals surface area contributed by atoms with E-state index in [9.17, 15) is 4.79 Å². The van der Waals surface area contributed by atoms with Crippen molar-refractivity contribution in [2.45, 2.75) is 12.5 Å². The molecule has 2 heterocycles. The molecule has 0 spiro atoms. The highest BCUT2D eigenvalue weighted by atomic mass is 32.1. The number of rotatable bonds is 1. The van der Waals surface area contributed by atoms with Gasteiger partial charge in [-0.1, -0.05) is 0 Å². The lowest BCUT2D eigenvalue weighted by Crippen LogP contribution is -2.24. The molecule has 1 aromatic heterocycles. The van der Waals surface area contributed by atoms with Gasteiger partial charge in [-0.05, 0) is 0 Å². The van der Waals surface area contributed by atoms with Crippen LogP contribution in [0.1, 0.15) is 17.3 Å². The molecule has 0 saturated carbocycles. The minimum atomic E-state index is 0.114. The fraction of sp³-hybridized carbons (Fsp3) is 0.500. The standard InChI is InChI=1S/C8H11N3OS/c12-8-3-6(10-1-2-11-8)7-4-9-5-13-7/h4-6,10H,1-3H2,(H,11,12). The Balaban J connectivity index is 2.09. The molecular weight excluding hydrogens is 186 g/mol. The first-order valence-corrected chi connectivity index (χ1v) is 5.12. The van der Waals surface area contributed by atoms with Gasteiger partial charge in [-0.25, -0.2) is 0 Å². The summed E-state index contributed by atoms with van der Waals surface area (Å²) in [6.45, 7) is 1.54. The van der Waals surface area contributed by atoms with Crippen LogP contribution in [0.2, 0.25) is 0 Å². The van der Waals surface area contributed by atoms with Crippen molar-refractivity contribution in [3.05, 3.63) is 16.6 Å². The molecule has 1 aromatic rings. The average molecular weight is 197 g/mol. The largest absolute Gasteiger partial charge is 0.355 e. The average Bonchev–Trinajstić information content (AvgIpc) is 2.56. The third-order valence-electron chi connectivity index (χ3n) is 2.02. The third kappa shape index (κ3) is 2.05. The number of hydrogen-bond acceptors (Lipinski definition) is 4. The lowest BCUT2D eigenvalue weighted by molar-refractivity contribution is -0.121. The zero-order chi connectivity index (χ0) is 9.10. The van der Waals surface area contributed by atoms with Gasteiger partial charge in [0.1, 0.15) is 0 Å². The van der Waals surface area contributed by atoms with Crippen LogP contribution >= 0.6 is 11.3 Å². The molecule has 0 aromatic carbocycles. The molecular formula is C8H11N3OS. The highest BCUT2D eigenvalue weighted by Gasteiger charge is 2.19. The van der Waals surface area contributed by atoms with Crippen molar-refractivity contribution in [1.29, 1.82) is 0 Å². The van der Waals surface area contributed by atoms with Gasteiger partial charge >= 0.3 is 0 Å². The Bertz CT molecular complexity index is 286. The van der Waals surface area contributed by atoms with Gasteiger partial charge in [-0.2, -0.15) is 0 Å².